The van der Waals surface area contributed by atoms with E-state index >= 15 is 0 Å². The molecule has 1 amide bonds. The highest BCUT2D eigenvalue weighted by atomic mass is 32.2. The lowest BCUT2D eigenvalue weighted by Crippen LogP contribution is -2.39. The summed E-state index contributed by atoms with van der Waals surface area (Å²) in [5, 5.41) is 0. The van der Waals surface area contributed by atoms with E-state index < -0.39 is 11.7 Å². The predicted octanol–water partition coefficient (Wildman–Crippen LogP) is 3.58. The third kappa shape index (κ3) is 8.50. The summed E-state index contributed by atoms with van der Waals surface area (Å²) in [5.41, 5.74) is -0.562. The van der Waals surface area contributed by atoms with Crippen molar-refractivity contribution in [1.82, 2.24) is 4.90 Å². The molecule has 1 aromatic carbocycles. The number of carbonyl (C=O) groups excluding carboxylic acids is 2. The molecule has 0 aliphatic rings. The van der Waals surface area contributed by atoms with E-state index in [-0.39, 0.29) is 18.9 Å². The zero-order chi connectivity index (χ0) is 17.3. The number of ether oxygens (including phenoxy) is 2. The van der Waals surface area contributed by atoms with Crippen LogP contribution in [0.2, 0.25) is 0 Å². The fraction of sp³-hybridized carbons (Fsp3) is 0.529. The maximum atomic E-state index is 12.2. The van der Waals surface area contributed by atoms with Crippen molar-refractivity contribution in [2.24, 2.45) is 0 Å². The Bertz CT molecular complexity index is 499. The zero-order valence-corrected chi connectivity index (χ0v) is 15.0. The van der Waals surface area contributed by atoms with E-state index in [0.717, 1.165) is 10.6 Å². The van der Waals surface area contributed by atoms with Crippen LogP contribution >= 0.6 is 11.8 Å². The number of rotatable bonds is 7. The second kappa shape index (κ2) is 9.45. The fourth-order valence-electron chi connectivity index (χ4n) is 1.74. The molecule has 0 aliphatic carbocycles. The Morgan fingerprint density at radius 1 is 1.13 bits per heavy atom. The van der Waals surface area contributed by atoms with Crippen molar-refractivity contribution >= 4 is 23.8 Å². The molecule has 0 saturated heterocycles. The third-order valence-electron chi connectivity index (χ3n) is 2.84. The lowest BCUT2D eigenvalue weighted by molar-refractivity contribution is -0.140. The van der Waals surface area contributed by atoms with Gasteiger partial charge in [0.2, 0.25) is 0 Å². The molecule has 0 aromatic heterocycles. The molecule has 0 heterocycles. The van der Waals surface area contributed by atoms with Crippen LogP contribution in [0.1, 0.15) is 27.2 Å². The van der Waals surface area contributed by atoms with E-state index in [1.54, 1.807) is 16.7 Å². The van der Waals surface area contributed by atoms with E-state index in [9.17, 15) is 9.59 Å². The molecule has 0 aliphatic heterocycles. The van der Waals surface area contributed by atoms with E-state index in [0.29, 0.717) is 6.54 Å². The number of esters is 1. The molecule has 0 saturated carbocycles. The molecular formula is C17H25NO4S. The summed E-state index contributed by atoms with van der Waals surface area (Å²) in [6, 6.07) is 9.97. The highest BCUT2D eigenvalue weighted by molar-refractivity contribution is 7.99. The molecule has 1 rings (SSSR count). The Morgan fingerprint density at radius 3 is 2.35 bits per heavy atom. The summed E-state index contributed by atoms with van der Waals surface area (Å²) in [6.07, 6.45) is -0.249. The summed E-state index contributed by atoms with van der Waals surface area (Å²) in [4.78, 5) is 26.3. The maximum absolute atomic E-state index is 12.2. The topological polar surface area (TPSA) is 55.8 Å². The number of amides is 1. The minimum absolute atomic E-state index is 0.158. The normalized spacial score (nSPS) is 11.0. The van der Waals surface area contributed by atoms with E-state index in [1.165, 1.54) is 7.11 Å². The van der Waals surface area contributed by atoms with Gasteiger partial charge in [-0.15, -0.1) is 11.8 Å². The quantitative estimate of drug-likeness (QED) is 0.561. The monoisotopic (exact) mass is 339 g/mol. The third-order valence-corrected chi connectivity index (χ3v) is 3.83. The largest absolute Gasteiger partial charge is 0.469 e. The molecule has 0 atom stereocenters. The number of benzene rings is 1. The first-order valence-corrected chi connectivity index (χ1v) is 8.53. The summed E-state index contributed by atoms with van der Waals surface area (Å²) in [6.45, 7) is 6.26. The molecule has 5 nitrogen and oxygen atoms in total. The van der Waals surface area contributed by atoms with Gasteiger partial charge in [-0.3, -0.25) is 4.79 Å². The van der Waals surface area contributed by atoms with E-state index in [2.05, 4.69) is 4.74 Å². The molecule has 1 aromatic rings. The van der Waals surface area contributed by atoms with Gasteiger partial charge in [0.25, 0.3) is 0 Å². The summed E-state index contributed by atoms with van der Waals surface area (Å²) >= 11 is 1.66. The van der Waals surface area contributed by atoms with Gasteiger partial charge in [0.15, 0.2) is 0 Å². The van der Waals surface area contributed by atoms with Crippen LogP contribution in [0.3, 0.4) is 0 Å². The molecule has 0 unspecified atom stereocenters. The Hall–Kier alpha value is -1.69. The van der Waals surface area contributed by atoms with Crippen LogP contribution < -0.4 is 0 Å². The van der Waals surface area contributed by atoms with Crippen molar-refractivity contribution in [2.45, 2.75) is 37.7 Å². The molecule has 128 valence electrons. The van der Waals surface area contributed by atoms with Gasteiger partial charge < -0.3 is 14.4 Å². The zero-order valence-electron chi connectivity index (χ0n) is 14.2. The number of carbonyl (C=O) groups is 2. The van der Waals surface area contributed by atoms with Crippen LogP contribution in [0.4, 0.5) is 4.79 Å². The highest BCUT2D eigenvalue weighted by Crippen LogP contribution is 2.18. The Labute approximate surface area is 142 Å². The lowest BCUT2D eigenvalue weighted by atomic mass is 10.2. The Kier molecular flexibility index (Phi) is 7.95. The second-order valence-electron chi connectivity index (χ2n) is 5.96. The second-order valence-corrected chi connectivity index (χ2v) is 7.12. The van der Waals surface area contributed by atoms with Gasteiger partial charge in [-0.25, -0.2) is 4.79 Å². The molecule has 0 bridgehead atoms. The molecule has 0 N–H and O–H groups in total. The minimum atomic E-state index is -0.562. The lowest BCUT2D eigenvalue weighted by Gasteiger charge is -2.27. The molecule has 0 radical (unpaired) electrons. The Balaban J connectivity index is 2.55. The summed E-state index contributed by atoms with van der Waals surface area (Å²) < 4.78 is 10.0. The first-order chi connectivity index (χ1) is 10.8. The van der Waals surface area contributed by atoms with Gasteiger partial charge in [0.05, 0.1) is 13.5 Å². The number of hydrogen-bond donors (Lipinski definition) is 0. The highest BCUT2D eigenvalue weighted by Gasteiger charge is 2.22. The van der Waals surface area contributed by atoms with Crippen LogP contribution in [0.5, 0.6) is 0 Å². The maximum Gasteiger partial charge on any atom is 0.410 e. The fourth-order valence-corrected chi connectivity index (χ4v) is 2.64. The number of methoxy groups -OCH3 is 1. The van der Waals surface area contributed by atoms with Gasteiger partial charge in [0.1, 0.15) is 5.60 Å². The van der Waals surface area contributed by atoms with Crippen LogP contribution in [0.25, 0.3) is 0 Å². The van der Waals surface area contributed by atoms with Crippen LogP contribution in [-0.4, -0.2) is 48.5 Å². The first kappa shape index (κ1) is 19.4. The molecule has 6 heteroatoms. The van der Waals surface area contributed by atoms with Crippen LogP contribution in [0.15, 0.2) is 35.2 Å². The molecule has 0 fully saturated rings. The van der Waals surface area contributed by atoms with E-state index in [1.807, 2.05) is 51.1 Å². The van der Waals surface area contributed by atoms with Gasteiger partial charge in [-0.1, -0.05) is 18.2 Å². The number of nitrogens with zero attached hydrogens (tertiary/aromatic N) is 1. The summed E-state index contributed by atoms with van der Waals surface area (Å²) in [7, 11) is 1.34. The van der Waals surface area contributed by atoms with Gasteiger partial charge in [0, 0.05) is 23.7 Å². The van der Waals surface area contributed by atoms with E-state index in [4.69, 9.17) is 4.74 Å². The first-order valence-electron chi connectivity index (χ1n) is 7.54. The Morgan fingerprint density at radius 2 is 1.78 bits per heavy atom. The van der Waals surface area contributed by atoms with Crippen LogP contribution in [0, 0.1) is 0 Å². The molecule has 23 heavy (non-hydrogen) atoms. The van der Waals surface area contributed by atoms with Gasteiger partial charge in [-0.05, 0) is 32.9 Å². The van der Waals surface area contributed by atoms with Crippen molar-refractivity contribution in [1.29, 1.82) is 0 Å². The average Bonchev–Trinajstić information content (AvgIpc) is 2.49. The molecular weight excluding hydrogens is 314 g/mol. The summed E-state index contributed by atoms with van der Waals surface area (Å²) in [5.74, 6) is 0.388. The van der Waals surface area contributed by atoms with Crippen LogP contribution in [-0.2, 0) is 14.3 Å². The van der Waals surface area contributed by atoms with Crippen molar-refractivity contribution in [3.8, 4) is 0 Å². The smallest absolute Gasteiger partial charge is 0.410 e. The van der Waals surface area contributed by atoms with Crippen molar-refractivity contribution in [2.75, 3.05) is 26.0 Å². The number of thioether (sulfide) groups is 1. The van der Waals surface area contributed by atoms with Crippen molar-refractivity contribution in [3.05, 3.63) is 30.3 Å². The SMILES string of the molecule is COC(=O)CCN(CCSc1ccccc1)C(=O)OC(C)(C)C. The van der Waals surface area contributed by atoms with Gasteiger partial charge >= 0.3 is 12.1 Å². The van der Waals surface area contributed by atoms with Crippen molar-refractivity contribution in [3.63, 3.8) is 0 Å². The number of hydrogen-bond acceptors (Lipinski definition) is 5. The minimum Gasteiger partial charge on any atom is -0.469 e. The predicted molar refractivity (Wildman–Crippen MR) is 91.6 cm³/mol. The standard InChI is InChI=1S/C17H25NO4S/c1-17(2,3)22-16(20)18(11-10-15(19)21-4)12-13-23-14-8-6-5-7-9-14/h5-9H,10-13H2,1-4H3. The van der Waals surface area contributed by atoms with Crippen molar-refractivity contribution < 1.29 is 19.1 Å². The molecule has 0 spiro atoms. The average molecular weight is 339 g/mol. The van der Waals surface area contributed by atoms with Gasteiger partial charge in [-0.2, -0.15) is 0 Å².